The maximum Gasteiger partial charge on any atom is 0.164 e. The first-order valence-electron chi connectivity index (χ1n) is 13.2. The lowest BCUT2D eigenvalue weighted by molar-refractivity contribution is -0.165. The van der Waals surface area contributed by atoms with Gasteiger partial charge in [0, 0.05) is 0 Å². The molecule has 2 N–H and O–H groups in total. The van der Waals surface area contributed by atoms with Gasteiger partial charge in [0.05, 0.1) is 26.4 Å². The first kappa shape index (κ1) is 29.8. The number of aliphatic hydroxyl groups is 2. The molecule has 0 aliphatic carbocycles. The number of rotatable bonds is 10. The molecule has 0 spiro atoms. The van der Waals surface area contributed by atoms with Gasteiger partial charge in [-0.25, -0.2) is 0 Å². The van der Waals surface area contributed by atoms with Gasteiger partial charge in [-0.15, -0.1) is 0 Å². The maximum absolute atomic E-state index is 10.8. The Kier molecular flexibility index (Phi) is 9.60. The van der Waals surface area contributed by atoms with E-state index in [1.165, 1.54) is 11.1 Å². The minimum Gasteiger partial charge on any atom is -0.388 e. The minimum atomic E-state index is -0.958. The highest BCUT2D eigenvalue weighted by Crippen LogP contribution is 2.32. The lowest BCUT2D eigenvalue weighted by Gasteiger charge is -2.25. The van der Waals surface area contributed by atoms with Crippen LogP contribution in [0.3, 0.4) is 0 Å². The zero-order valence-electron chi connectivity index (χ0n) is 23.8. The largest absolute Gasteiger partial charge is 0.388 e. The molecule has 1 fully saturated rings. The topological polar surface area (TPSA) is 77.4 Å². The number of hydrogen-bond donors (Lipinski definition) is 2. The van der Waals surface area contributed by atoms with Crippen LogP contribution in [0.2, 0.25) is 0 Å². The van der Waals surface area contributed by atoms with E-state index in [4.69, 9.17) is 18.9 Å². The second-order valence-corrected chi connectivity index (χ2v) is 12.6. The molecular formula is C31H46O6. The third kappa shape index (κ3) is 8.60. The van der Waals surface area contributed by atoms with Gasteiger partial charge < -0.3 is 29.2 Å². The Balaban J connectivity index is 1.50. The highest BCUT2D eigenvalue weighted by molar-refractivity contribution is 5.28. The van der Waals surface area contributed by atoms with Gasteiger partial charge in [-0.1, -0.05) is 90.1 Å². The third-order valence-electron chi connectivity index (χ3n) is 6.68. The van der Waals surface area contributed by atoms with E-state index in [9.17, 15) is 10.2 Å². The fourth-order valence-corrected chi connectivity index (χ4v) is 4.40. The second kappa shape index (κ2) is 11.9. The third-order valence-corrected chi connectivity index (χ3v) is 6.68. The maximum atomic E-state index is 10.8. The van der Waals surface area contributed by atoms with Gasteiger partial charge in [0.1, 0.15) is 24.4 Å². The van der Waals surface area contributed by atoms with Gasteiger partial charge in [0.25, 0.3) is 0 Å². The van der Waals surface area contributed by atoms with Crippen molar-refractivity contribution in [3.05, 3.63) is 70.8 Å². The summed E-state index contributed by atoms with van der Waals surface area (Å²) < 4.78 is 23.5. The molecule has 0 amide bonds. The summed E-state index contributed by atoms with van der Waals surface area (Å²) in [6, 6.07) is 16.6. The average Bonchev–Trinajstić information content (AvgIpc) is 3.14. The van der Waals surface area contributed by atoms with Crippen molar-refractivity contribution in [2.24, 2.45) is 0 Å². The Morgan fingerprint density at radius 3 is 1.30 bits per heavy atom. The van der Waals surface area contributed by atoms with Crippen molar-refractivity contribution in [3.8, 4) is 0 Å². The van der Waals surface area contributed by atoms with E-state index in [-0.39, 0.29) is 24.0 Å². The minimum absolute atomic E-state index is 0.0648. The smallest absolute Gasteiger partial charge is 0.164 e. The van der Waals surface area contributed by atoms with E-state index < -0.39 is 30.2 Å². The molecule has 206 valence electrons. The van der Waals surface area contributed by atoms with E-state index in [1.54, 1.807) is 13.8 Å². The fourth-order valence-electron chi connectivity index (χ4n) is 4.40. The zero-order chi connectivity index (χ0) is 27.4. The van der Waals surface area contributed by atoms with Crippen LogP contribution in [0.4, 0.5) is 0 Å². The molecule has 6 nitrogen and oxygen atoms in total. The first-order chi connectivity index (χ1) is 17.2. The summed E-state index contributed by atoms with van der Waals surface area (Å²) in [4.78, 5) is 0. The molecule has 0 bridgehead atoms. The summed E-state index contributed by atoms with van der Waals surface area (Å²) in [6.07, 6.45) is -3.38. The van der Waals surface area contributed by atoms with E-state index in [2.05, 4.69) is 65.8 Å². The van der Waals surface area contributed by atoms with E-state index in [0.717, 1.165) is 11.1 Å². The average molecular weight is 515 g/mol. The molecule has 1 heterocycles. The Hall–Kier alpha value is -1.80. The van der Waals surface area contributed by atoms with Crippen LogP contribution >= 0.6 is 0 Å². The number of ether oxygens (including phenoxy) is 4. The van der Waals surface area contributed by atoms with Crippen LogP contribution in [-0.2, 0) is 43.0 Å². The van der Waals surface area contributed by atoms with Crippen LogP contribution in [0.25, 0.3) is 0 Å². The van der Waals surface area contributed by atoms with Crippen molar-refractivity contribution in [2.45, 2.75) is 110 Å². The highest BCUT2D eigenvalue weighted by Gasteiger charge is 2.48. The van der Waals surface area contributed by atoms with Crippen molar-refractivity contribution in [1.29, 1.82) is 0 Å². The van der Waals surface area contributed by atoms with Crippen molar-refractivity contribution >= 4 is 0 Å². The Morgan fingerprint density at radius 2 is 1.00 bits per heavy atom. The molecule has 0 unspecified atom stereocenters. The predicted molar refractivity (Wildman–Crippen MR) is 145 cm³/mol. The molecule has 3 rings (SSSR count). The van der Waals surface area contributed by atoms with Gasteiger partial charge in [0.15, 0.2) is 5.79 Å². The summed E-state index contributed by atoms with van der Waals surface area (Å²) in [5.41, 5.74) is 4.78. The monoisotopic (exact) mass is 514 g/mol. The highest BCUT2D eigenvalue weighted by atomic mass is 16.8. The molecule has 4 atom stereocenters. The predicted octanol–water partition coefficient (Wildman–Crippen LogP) is 5.26. The second-order valence-electron chi connectivity index (χ2n) is 12.6. The van der Waals surface area contributed by atoms with Crippen molar-refractivity contribution in [3.63, 3.8) is 0 Å². The molecule has 37 heavy (non-hydrogen) atoms. The summed E-state index contributed by atoms with van der Waals surface area (Å²) in [7, 11) is 0. The quantitative estimate of drug-likeness (QED) is 0.451. The molecule has 1 aliphatic rings. The summed E-state index contributed by atoms with van der Waals surface area (Å²) in [5, 5.41) is 21.7. The van der Waals surface area contributed by atoms with Crippen molar-refractivity contribution in [1.82, 2.24) is 0 Å². The van der Waals surface area contributed by atoms with E-state index in [1.807, 2.05) is 24.3 Å². The molecule has 0 saturated carbocycles. The molecule has 1 saturated heterocycles. The van der Waals surface area contributed by atoms with Crippen LogP contribution in [0.1, 0.15) is 77.6 Å². The van der Waals surface area contributed by atoms with Crippen LogP contribution in [0.5, 0.6) is 0 Å². The van der Waals surface area contributed by atoms with Gasteiger partial charge in [-0.05, 0) is 46.9 Å². The number of benzene rings is 2. The van der Waals surface area contributed by atoms with Crippen molar-refractivity contribution < 1.29 is 29.2 Å². The molecular weight excluding hydrogens is 468 g/mol. The fraction of sp³-hybridized carbons (Fsp3) is 0.613. The van der Waals surface area contributed by atoms with E-state index in [0.29, 0.717) is 13.2 Å². The standard InChI is InChI=1S/C31H46O6/c1-29(2,3)23-13-9-21(10-14-23)17-34-19-25(32)27-28(37-31(7,8)36-27)26(33)20-35-18-22-11-15-24(16-12-22)30(4,5)6/h9-16,25-28,32-33H,17-20H2,1-8H3/t25-,26-,27-,28-/m1/s1. The molecule has 6 heteroatoms. The summed E-state index contributed by atoms with van der Waals surface area (Å²) in [5.74, 6) is -0.928. The Morgan fingerprint density at radius 1 is 0.676 bits per heavy atom. The summed E-state index contributed by atoms with van der Waals surface area (Å²) in [6.45, 7) is 17.5. The van der Waals surface area contributed by atoms with Crippen molar-refractivity contribution in [2.75, 3.05) is 13.2 Å². The zero-order valence-corrected chi connectivity index (χ0v) is 23.8. The normalized spacial score (nSPS) is 21.7. The number of aliphatic hydroxyl groups excluding tert-OH is 2. The SMILES string of the molecule is CC1(C)O[C@H]([C@H](O)COCc2ccc(C(C)(C)C)cc2)[C@@H]([C@H](O)COCc2ccc(C(C)(C)C)cc2)O1. The lowest BCUT2D eigenvalue weighted by atomic mass is 9.87. The molecule has 2 aromatic rings. The van der Waals surface area contributed by atoms with Crippen LogP contribution in [0.15, 0.2) is 48.5 Å². The lowest BCUT2D eigenvalue weighted by Crippen LogP contribution is -2.45. The molecule has 2 aromatic carbocycles. The number of hydrogen-bond acceptors (Lipinski definition) is 6. The van der Waals surface area contributed by atoms with Crippen LogP contribution in [0, 0.1) is 0 Å². The van der Waals surface area contributed by atoms with Gasteiger partial charge >= 0.3 is 0 Å². The van der Waals surface area contributed by atoms with Gasteiger partial charge in [-0.2, -0.15) is 0 Å². The van der Waals surface area contributed by atoms with Gasteiger partial charge in [0.2, 0.25) is 0 Å². The van der Waals surface area contributed by atoms with Crippen LogP contribution < -0.4 is 0 Å². The van der Waals surface area contributed by atoms with Crippen LogP contribution in [-0.4, -0.2) is 53.6 Å². The first-order valence-corrected chi connectivity index (χ1v) is 13.2. The Bertz CT molecular complexity index is 889. The van der Waals surface area contributed by atoms with E-state index >= 15 is 0 Å². The molecule has 0 radical (unpaired) electrons. The summed E-state index contributed by atoms with van der Waals surface area (Å²) >= 11 is 0. The van der Waals surface area contributed by atoms with Gasteiger partial charge in [-0.3, -0.25) is 0 Å². The molecule has 0 aromatic heterocycles. The molecule has 1 aliphatic heterocycles. The Labute approximate surface area is 222 Å².